The van der Waals surface area contributed by atoms with E-state index in [1.165, 1.54) is 0 Å². The SMILES string of the molecule is Cc1ccc(C(=O)CCC(=O)N(C)[C@@H](C)c2cc3ccccc3o2)cc1C. The average Bonchev–Trinajstić information content (AvgIpc) is 3.11. The van der Waals surface area contributed by atoms with Crippen LogP contribution in [0.2, 0.25) is 0 Å². The number of nitrogens with zero attached hydrogens (tertiary/aromatic N) is 1. The number of carbonyl (C=O) groups excluding carboxylic acids is 2. The lowest BCUT2D eigenvalue weighted by Gasteiger charge is -2.23. The van der Waals surface area contributed by atoms with Crippen LogP contribution < -0.4 is 0 Å². The molecule has 140 valence electrons. The Hall–Kier alpha value is -2.88. The van der Waals surface area contributed by atoms with Gasteiger partial charge in [0.05, 0.1) is 6.04 Å². The molecule has 3 aromatic rings. The van der Waals surface area contributed by atoms with E-state index < -0.39 is 0 Å². The molecule has 2 aromatic carbocycles. The fraction of sp³-hybridized carbons (Fsp3) is 0.304. The van der Waals surface area contributed by atoms with Crippen molar-refractivity contribution in [2.45, 2.75) is 39.7 Å². The molecule has 0 spiro atoms. The molecule has 3 rings (SSSR count). The summed E-state index contributed by atoms with van der Waals surface area (Å²) < 4.78 is 5.86. The lowest BCUT2D eigenvalue weighted by atomic mass is 10.0. The highest BCUT2D eigenvalue weighted by Gasteiger charge is 2.21. The molecule has 1 aromatic heterocycles. The van der Waals surface area contributed by atoms with Gasteiger partial charge in [0.2, 0.25) is 5.91 Å². The van der Waals surface area contributed by atoms with Gasteiger partial charge in [-0.05, 0) is 50.1 Å². The number of benzene rings is 2. The predicted octanol–water partition coefficient (Wildman–Crippen LogP) is 5.23. The van der Waals surface area contributed by atoms with E-state index in [9.17, 15) is 9.59 Å². The zero-order valence-corrected chi connectivity index (χ0v) is 16.3. The Morgan fingerprint density at radius 1 is 1.00 bits per heavy atom. The van der Waals surface area contributed by atoms with Gasteiger partial charge in [0.1, 0.15) is 11.3 Å². The van der Waals surface area contributed by atoms with Gasteiger partial charge in [0.25, 0.3) is 0 Å². The summed E-state index contributed by atoms with van der Waals surface area (Å²) in [5.74, 6) is 0.670. The summed E-state index contributed by atoms with van der Waals surface area (Å²) in [6, 6.07) is 15.2. The molecule has 0 aliphatic rings. The first-order valence-corrected chi connectivity index (χ1v) is 9.21. The largest absolute Gasteiger partial charge is 0.459 e. The Morgan fingerprint density at radius 3 is 2.44 bits per heavy atom. The van der Waals surface area contributed by atoms with Gasteiger partial charge >= 0.3 is 0 Å². The number of amides is 1. The fourth-order valence-corrected chi connectivity index (χ4v) is 3.07. The number of carbonyl (C=O) groups is 2. The zero-order valence-electron chi connectivity index (χ0n) is 16.3. The van der Waals surface area contributed by atoms with E-state index in [0.717, 1.165) is 27.9 Å². The molecule has 27 heavy (non-hydrogen) atoms. The molecular formula is C23H25NO3. The van der Waals surface area contributed by atoms with Gasteiger partial charge in [-0.15, -0.1) is 0 Å². The van der Waals surface area contributed by atoms with E-state index in [4.69, 9.17) is 4.42 Å². The van der Waals surface area contributed by atoms with E-state index in [-0.39, 0.29) is 30.6 Å². The molecule has 1 atom stereocenters. The van der Waals surface area contributed by atoms with Crippen LogP contribution in [0.1, 0.15) is 53.1 Å². The van der Waals surface area contributed by atoms with Crippen molar-refractivity contribution in [3.8, 4) is 0 Å². The smallest absolute Gasteiger partial charge is 0.223 e. The molecule has 0 aliphatic heterocycles. The summed E-state index contributed by atoms with van der Waals surface area (Å²) >= 11 is 0. The Bertz CT molecular complexity index is 953. The van der Waals surface area contributed by atoms with Crippen LogP contribution >= 0.6 is 0 Å². The molecule has 0 bridgehead atoms. The maximum Gasteiger partial charge on any atom is 0.223 e. The lowest BCUT2D eigenvalue weighted by Crippen LogP contribution is -2.29. The first-order valence-electron chi connectivity index (χ1n) is 9.21. The third-order valence-electron chi connectivity index (χ3n) is 5.23. The summed E-state index contributed by atoms with van der Waals surface area (Å²) in [6.45, 7) is 5.93. The number of hydrogen-bond acceptors (Lipinski definition) is 3. The van der Waals surface area contributed by atoms with Gasteiger partial charge < -0.3 is 9.32 Å². The molecule has 0 N–H and O–H groups in total. The number of Topliss-reactive ketones (excluding diaryl/α,β-unsaturated/α-hetero) is 1. The molecule has 0 saturated heterocycles. The molecule has 0 aliphatic carbocycles. The normalized spacial score (nSPS) is 12.1. The topological polar surface area (TPSA) is 50.5 Å². The number of para-hydroxylation sites is 1. The number of hydrogen-bond donors (Lipinski definition) is 0. The summed E-state index contributed by atoms with van der Waals surface area (Å²) in [5.41, 5.74) is 3.72. The summed E-state index contributed by atoms with van der Waals surface area (Å²) in [7, 11) is 1.75. The van der Waals surface area contributed by atoms with Crippen molar-refractivity contribution >= 4 is 22.7 Å². The summed E-state index contributed by atoms with van der Waals surface area (Å²) in [5, 5.41) is 1.02. The van der Waals surface area contributed by atoms with Gasteiger partial charge in [-0.25, -0.2) is 0 Å². The number of ketones is 1. The van der Waals surface area contributed by atoms with Crippen LogP contribution in [0.15, 0.2) is 52.9 Å². The van der Waals surface area contributed by atoms with Gasteiger partial charge in [-0.3, -0.25) is 9.59 Å². The van der Waals surface area contributed by atoms with Crippen molar-refractivity contribution in [3.05, 3.63) is 71.0 Å². The third-order valence-corrected chi connectivity index (χ3v) is 5.23. The minimum atomic E-state index is -0.193. The quantitative estimate of drug-likeness (QED) is 0.563. The second-order valence-corrected chi connectivity index (χ2v) is 7.09. The zero-order chi connectivity index (χ0) is 19.6. The Labute approximate surface area is 159 Å². The first-order chi connectivity index (χ1) is 12.9. The van der Waals surface area contributed by atoms with Crippen molar-refractivity contribution in [2.75, 3.05) is 7.05 Å². The molecule has 1 amide bonds. The van der Waals surface area contributed by atoms with E-state index in [0.29, 0.717) is 5.56 Å². The van der Waals surface area contributed by atoms with Crippen molar-refractivity contribution in [3.63, 3.8) is 0 Å². The molecule has 0 unspecified atom stereocenters. The van der Waals surface area contributed by atoms with E-state index in [2.05, 4.69) is 0 Å². The maximum absolute atomic E-state index is 12.6. The van der Waals surface area contributed by atoms with Gasteiger partial charge in [0, 0.05) is 30.8 Å². The third kappa shape index (κ3) is 4.11. The highest BCUT2D eigenvalue weighted by molar-refractivity contribution is 5.98. The number of rotatable bonds is 6. The molecule has 0 fully saturated rings. The van der Waals surface area contributed by atoms with E-state index >= 15 is 0 Å². The Kier molecular flexibility index (Phi) is 5.45. The molecule has 4 nitrogen and oxygen atoms in total. The van der Waals surface area contributed by atoms with Crippen LogP contribution in [0, 0.1) is 13.8 Å². The minimum absolute atomic E-state index is 0.00348. The maximum atomic E-state index is 12.6. The van der Waals surface area contributed by atoms with Crippen LogP contribution in [-0.2, 0) is 4.79 Å². The van der Waals surface area contributed by atoms with E-state index in [1.807, 2.05) is 69.3 Å². The summed E-state index contributed by atoms with van der Waals surface area (Å²) in [6.07, 6.45) is 0.394. The predicted molar refractivity (Wildman–Crippen MR) is 107 cm³/mol. The number of aryl methyl sites for hydroxylation is 2. The van der Waals surface area contributed by atoms with Gasteiger partial charge in [0.15, 0.2) is 5.78 Å². The fourth-order valence-electron chi connectivity index (χ4n) is 3.07. The highest BCUT2D eigenvalue weighted by atomic mass is 16.3. The highest BCUT2D eigenvalue weighted by Crippen LogP contribution is 2.27. The molecule has 4 heteroatoms. The van der Waals surface area contributed by atoms with Crippen LogP contribution in [0.5, 0.6) is 0 Å². The molecule has 0 saturated carbocycles. The van der Waals surface area contributed by atoms with Crippen LogP contribution in [0.4, 0.5) is 0 Å². The first kappa shape index (κ1) is 18.9. The van der Waals surface area contributed by atoms with Crippen LogP contribution in [0.3, 0.4) is 0 Å². The van der Waals surface area contributed by atoms with E-state index in [1.54, 1.807) is 11.9 Å². The molecular weight excluding hydrogens is 338 g/mol. The van der Waals surface area contributed by atoms with Crippen molar-refractivity contribution in [1.29, 1.82) is 0 Å². The summed E-state index contributed by atoms with van der Waals surface area (Å²) in [4.78, 5) is 26.6. The van der Waals surface area contributed by atoms with Crippen molar-refractivity contribution in [1.82, 2.24) is 4.90 Å². The molecule has 1 heterocycles. The lowest BCUT2D eigenvalue weighted by molar-refractivity contribution is -0.132. The Morgan fingerprint density at radius 2 is 1.74 bits per heavy atom. The van der Waals surface area contributed by atoms with Gasteiger partial charge in [-0.2, -0.15) is 0 Å². The Balaban J connectivity index is 1.62. The second-order valence-electron chi connectivity index (χ2n) is 7.09. The van der Waals surface area contributed by atoms with Gasteiger partial charge in [-0.1, -0.05) is 30.3 Å². The minimum Gasteiger partial charge on any atom is -0.459 e. The number of fused-ring (bicyclic) bond motifs is 1. The number of furan rings is 1. The standard InChI is InChI=1S/C23H25NO3/c1-15-9-10-18(13-16(15)2)20(25)11-12-23(26)24(4)17(3)22-14-19-7-5-6-8-21(19)27-22/h5-10,13-14,17H,11-12H2,1-4H3/t17-/m0/s1. The molecule has 0 radical (unpaired) electrons. The van der Waals surface area contributed by atoms with Crippen LogP contribution in [-0.4, -0.2) is 23.6 Å². The average molecular weight is 363 g/mol. The van der Waals surface area contributed by atoms with Crippen molar-refractivity contribution in [2.24, 2.45) is 0 Å². The monoisotopic (exact) mass is 363 g/mol. The second kappa shape index (κ2) is 7.78. The van der Waals surface area contributed by atoms with Crippen LogP contribution in [0.25, 0.3) is 11.0 Å². The van der Waals surface area contributed by atoms with Crippen molar-refractivity contribution < 1.29 is 14.0 Å².